The second-order valence-electron chi connectivity index (χ2n) is 6.30. The van der Waals surface area contributed by atoms with E-state index in [1.54, 1.807) is 18.5 Å². The Bertz CT molecular complexity index is 1020. The molecule has 1 N–H and O–H groups in total. The smallest absolute Gasteiger partial charge is 0.241 e. The Kier molecular flexibility index (Phi) is 5.84. The number of nitrogens with zero attached hydrogens (tertiary/aromatic N) is 3. The molecule has 1 fully saturated rings. The molecule has 146 valence electrons. The van der Waals surface area contributed by atoms with Gasteiger partial charge in [-0.05, 0) is 53.0 Å². The normalized spacial score (nSPS) is 16.4. The Morgan fingerprint density at radius 2 is 1.74 bits per heavy atom. The van der Waals surface area contributed by atoms with Gasteiger partial charge in [0.15, 0.2) is 9.84 Å². The Morgan fingerprint density at radius 3 is 2.33 bits per heavy atom. The first kappa shape index (κ1) is 20.2. The van der Waals surface area contributed by atoms with E-state index in [-0.39, 0.29) is 15.8 Å². The number of piperidine rings is 1. The van der Waals surface area contributed by atoms with Gasteiger partial charge >= 0.3 is 0 Å². The van der Waals surface area contributed by atoms with Gasteiger partial charge in [-0.3, -0.25) is 0 Å². The maximum atomic E-state index is 12.8. The van der Waals surface area contributed by atoms with Crippen LogP contribution in [0.4, 0.5) is 5.95 Å². The minimum absolute atomic E-state index is 0.0397. The van der Waals surface area contributed by atoms with Crippen LogP contribution in [-0.2, 0) is 19.9 Å². The molecule has 0 saturated carbocycles. The fourth-order valence-corrected chi connectivity index (χ4v) is 5.87. The molecule has 1 aromatic heterocycles. The fourth-order valence-electron chi connectivity index (χ4n) is 2.86. The van der Waals surface area contributed by atoms with E-state index in [1.807, 2.05) is 4.90 Å². The van der Waals surface area contributed by atoms with Gasteiger partial charge in [0, 0.05) is 42.3 Å². The number of halogens is 1. The third kappa shape index (κ3) is 4.84. The van der Waals surface area contributed by atoms with E-state index < -0.39 is 19.9 Å². The molecule has 0 atom stereocenters. The van der Waals surface area contributed by atoms with Crippen LogP contribution in [0.15, 0.2) is 50.9 Å². The molecular formula is C16H19BrN4O4S2. The summed E-state index contributed by atoms with van der Waals surface area (Å²) in [6, 6.07) is 5.47. The van der Waals surface area contributed by atoms with Crippen LogP contribution in [0.3, 0.4) is 0 Å². The standard InChI is InChI=1S/C16H19BrN4O4S2/c1-26(22,23)13-3-4-14(17)15(11-13)27(24,25)20-12-5-9-21(10-6-12)16-18-7-2-8-19-16/h2-4,7-8,11-12,20H,5-6,9-10H2,1H3. The third-order valence-corrected chi connectivity index (χ3v) is 7.90. The SMILES string of the molecule is CS(=O)(=O)c1ccc(Br)c(S(=O)(=O)NC2CCN(c3ncccn3)CC2)c1. The molecule has 2 heterocycles. The van der Waals surface area contributed by atoms with Crippen LogP contribution in [0.1, 0.15) is 12.8 Å². The lowest BCUT2D eigenvalue weighted by Gasteiger charge is -2.32. The van der Waals surface area contributed by atoms with Gasteiger partial charge in [-0.2, -0.15) is 0 Å². The van der Waals surface area contributed by atoms with E-state index in [0.717, 1.165) is 6.26 Å². The van der Waals surface area contributed by atoms with Crippen molar-refractivity contribution in [1.82, 2.24) is 14.7 Å². The Hall–Kier alpha value is -1.56. The second kappa shape index (κ2) is 7.82. The van der Waals surface area contributed by atoms with E-state index in [0.29, 0.717) is 36.4 Å². The number of nitrogens with one attached hydrogen (secondary N) is 1. The lowest BCUT2D eigenvalue weighted by molar-refractivity contribution is 0.456. The van der Waals surface area contributed by atoms with Crippen molar-refractivity contribution in [2.45, 2.75) is 28.7 Å². The fraction of sp³-hybridized carbons (Fsp3) is 0.375. The highest BCUT2D eigenvalue weighted by molar-refractivity contribution is 9.10. The molecular weight excluding hydrogens is 456 g/mol. The molecule has 0 unspecified atom stereocenters. The maximum Gasteiger partial charge on any atom is 0.241 e. The van der Waals surface area contributed by atoms with Crippen LogP contribution in [0.25, 0.3) is 0 Å². The van der Waals surface area contributed by atoms with E-state index in [4.69, 9.17) is 0 Å². The highest BCUT2D eigenvalue weighted by atomic mass is 79.9. The Morgan fingerprint density at radius 1 is 1.11 bits per heavy atom. The molecule has 1 saturated heterocycles. The summed E-state index contributed by atoms with van der Waals surface area (Å²) in [6.07, 6.45) is 5.58. The van der Waals surface area contributed by atoms with Gasteiger partial charge < -0.3 is 4.90 Å². The molecule has 8 nitrogen and oxygen atoms in total. The summed E-state index contributed by atoms with van der Waals surface area (Å²) < 4.78 is 52.0. The number of sulfonamides is 1. The number of anilines is 1. The van der Waals surface area contributed by atoms with Gasteiger partial charge in [-0.1, -0.05) is 0 Å². The average Bonchev–Trinajstić information content (AvgIpc) is 2.62. The van der Waals surface area contributed by atoms with Crippen LogP contribution in [0.5, 0.6) is 0 Å². The zero-order valence-corrected chi connectivity index (χ0v) is 17.8. The molecule has 0 aliphatic carbocycles. The lowest BCUT2D eigenvalue weighted by Crippen LogP contribution is -2.45. The van der Waals surface area contributed by atoms with Crippen molar-refractivity contribution < 1.29 is 16.8 Å². The van der Waals surface area contributed by atoms with Gasteiger partial charge in [0.25, 0.3) is 0 Å². The number of sulfone groups is 1. The van der Waals surface area contributed by atoms with Crippen LogP contribution in [0, 0.1) is 0 Å². The lowest BCUT2D eigenvalue weighted by atomic mass is 10.1. The molecule has 1 aromatic carbocycles. The van der Waals surface area contributed by atoms with E-state index in [1.165, 1.54) is 18.2 Å². The molecule has 1 aliphatic rings. The van der Waals surface area contributed by atoms with Crippen molar-refractivity contribution in [3.8, 4) is 0 Å². The first-order chi connectivity index (χ1) is 12.7. The van der Waals surface area contributed by atoms with E-state index in [2.05, 4.69) is 30.6 Å². The molecule has 3 rings (SSSR count). The monoisotopic (exact) mass is 474 g/mol. The van der Waals surface area contributed by atoms with Crippen LogP contribution in [0.2, 0.25) is 0 Å². The van der Waals surface area contributed by atoms with Crippen LogP contribution < -0.4 is 9.62 Å². The molecule has 0 bridgehead atoms. The summed E-state index contributed by atoms with van der Waals surface area (Å²) in [5.41, 5.74) is 0. The van der Waals surface area contributed by atoms with Crippen molar-refractivity contribution >= 4 is 41.7 Å². The summed E-state index contributed by atoms with van der Waals surface area (Å²) in [6.45, 7) is 1.25. The quantitative estimate of drug-likeness (QED) is 0.700. The number of aromatic nitrogens is 2. The Labute approximate surface area is 167 Å². The zero-order chi connectivity index (χ0) is 19.7. The van der Waals surface area contributed by atoms with Crippen molar-refractivity contribution in [2.75, 3.05) is 24.2 Å². The molecule has 0 radical (unpaired) electrons. The largest absolute Gasteiger partial charge is 0.341 e. The van der Waals surface area contributed by atoms with Crippen molar-refractivity contribution in [3.05, 3.63) is 41.1 Å². The minimum Gasteiger partial charge on any atom is -0.341 e. The molecule has 1 aliphatic heterocycles. The molecule has 2 aromatic rings. The highest BCUT2D eigenvalue weighted by Crippen LogP contribution is 2.26. The summed E-state index contributed by atoms with van der Waals surface area (Å²) >= 11 is 3.20. The predicted octanol–water partition coefficient (Wildman–Crippen LogP) is 1.59. The van der Waals surface area contributed by atoms with Crippen LogP contribution in [-0.4, -0.2) is 52.2 Å². The Balaban J connectivity index is 1.73. The van der Waals surface area contributed by atoms with Crippen molar-refractivity contribution in [3.63, 3.8) is 0 Å². The third-order valence-electron chi connectivity index (χ3n) is 4.27. The summed E-state index contributed by atoms with van der Waals surface area (Å²) in [4.78, 5) is 10.3. The first-order valence-electron chi connectivity index (χ1n) is 8.21. The summed E-state index contributed by atoms with van der Waals surface area (Å²) in [7, 11) is -7.37. The van der Waals surface area contributed by atoms with E-state index in [9.17, 15) is 16.8 Å². The molecule has 27 heavy (non-hydrogen) atoms. The van der Waals surface area contributed by atoms with Crippen LogP contribution >= 0.6 is 15.9 Å². The van der Waals surface area contributed by atoms with Gasteiger partial charge in [-0.25, -0.2) is 31.5 Å². The number of rotatable bonds is 5. The first-order valence-corrected chi connectivity index (χ1v) is 12.4. The zero-order valence-electron chi connectivity index (χ0n) is 14.5. The summed E-state index contributed by atoms with van der Waals surface area (Å²) in [5, 5.41) is 0. The van der Waals surface area contributed by atoms with Gasteiger partial charge in [0.1, 0.15) is 0 Å². The van der Waals surface area contributed by atoms with Crippen molar-refractivity contribution in [1.29, 1.82) is 0 Å². The average molecular weight is 475 g/mol. The maximum absolute atomic E-state index is 12.8. The highest BCUT2D eigenvalue weighted by Gasteiger charge is 2.27. The van der Waals surface area contributed by atoms with Gasteiger partial charge in [0.05, 0.1) is 9.79 Å². The molecule has 0 amide bonds. The van der Waals surface area contributed by atoms with E-state index >= 15 is 0 Å². The number of benzene rings is 1. The number of hydrogen-bond acceptors (Lipinski definition) is 7. The topological polar surface area (TPSA) is 109 Å². The minimum atomic E-state index is -3.87. The molecule has 11 heteroatoms. The van der Waals surface area contributed by atoms with Gasteiger partial charge in [0.2, 0.25) is 16.0 Å². The summed E-state index contributed by atoms with van der Waals surface area (Å²) in [5.74, 6) is 0.627. The van der Waals surface area contributed by atoms with Crippen molar-refractivity contribution in [2.24, 2.45) is 0 Å². The predicted molar refractivity (Wildman–Crippen MR) is 105 cm³/mol. The molecule has 0 spiro atoms. The van der Waals surface area contributed by atoms with Gasteiger partial charge in [-0.15, -0.1) is 0 Å². The second-order valence-corrected chi connectivity index (χ2v) is 10.8. The number of hydrogen-bond donors (Lipinski definition) is 1.